The summed E-state index contributed by atoms with van der Waals surface area (Å²) in [4.78, 5) is 10.7. The first-order valence-corrected chi connectivity index (χ1v) is 11.9. The molecule has 8 heteroatoms. The largest absolute Gasteiger partial charge is 0.481 e. The highest BCUT2D eigenvalue weighted by Gasteiger charge is 2.26. The number of fused-ring (bicyclic) bond motifs is 1. The Morgan fingerprint density at radius 3 is 2.29 bits per heavy atom. The second-order valence-corrected chi connectivity index (χ2v) is 8.40. The Balaban J connectivity index is 0.000000614. The fraction of sp³-hybridized carbons (Fsp3) is 0.478. The minimum Gasteiger partial charge on any atom is -0.481 e. The topological polar surface area (TPSA) is 133 Å². The van der Waals surface area contributed by atoms with E-state index in [0.717, 1.165) is 32.2 Å². The summed E-state index contributed by atoms with van der Waals surface area (Å²) in [6, 6.07) is 13.1. The minimum absolute atomic E-state index is 0.279. The van der Waals surface area contributed by atoms with Gasteiger partial charge in [-0.2, -0.15) is 4.57 Å². The van der Waals surface area contributed by atoms with Crippen molar-refractivity contribution in [1.82, 2.24) is 0 Å². The number of unbranched alkanes of at least 4 members (excludes halogenated alkanes) is 2. The number of pyridine rings is 1. The Kier molecular flexibility index (Phi) is 9.87. The van der Waals surface area contributed by atoms with Gasteiger partial charge in [0.2, 0.25) is 5.69 Å². The number of rotatable bonds is 8. The Morgan fingerprint density at radius 2 is 1.68 bits per heavy atom. The van der Waals surface area contributed by atoms with E-state index in [0.29, 0.717) is 0 Å². The maximum atomic E-state index is 10.7. The summed E-state index contributed by atoms with van der Waals surface area (Å²) in [5, 5.41) is 8.83. The van der Waals surface area contributed by atoms with Crippen molar-refractivity contribution in [3.63, 3.8) is 0 Å². The first-order valence-electron chi connectivity index (χ1n) is 10.7. The molecule has 0 saturated carbocycles. The van der Waals surface area contributed by atoms with Crippen molar-refractivity contribution in [2.24, 2.45) is 0 Å². The smallest absolute Gasteiger partial charge is 0.303 e. The summed E-state index contributed by atoms with van der Waals surface area (Å²) < 4.78 is 36.5. The van der Waals surface area contributed by atoms with Gasteiger partial charge >= 0.3 is 5.97 Å². The molecule has 0 amide bonds. The summed E-state index contributed by atoms with van der Waals surface area (Å²) >= 11 is 0. The summed E-state index contributed by atoms with van der Waals surface area (Å²) in [6.07, 6.45) is 9.08. The number of benzene rings is 1. The van der Waals surface area contributed by atoms with Crippen molar-refractivity contribution in [3.05, 3.63) is 53.2 Å². The zero-order chi connectivity index (χ0) is 22.9. The summed E-state index contributed by atoms with van der Waals surface area (Å²) in [6.45, 7) is 3.24. The lowest BCUT2D eigenvalue weighted by molar-refractivity contribution is -2.00. The van der Waals surface area contributed by atoms with E-state index in [1.807, 2.05) is 0 Å². The third-order valence-corrected chi connectivity index (χ3v) is 5.46. The van der Waals surface area contributed by atoms with Crippen LogP contribution in [0.2, 0.25) is 0 Å². The average Bonchev–Trinajstić information content (AvgIpc) is 2.72. The minimum atomic E-state index is -4.94. The number of carboxylic acid groups (broad SMARTS) is 1. The highest BCUT2D eigenvalue weighted by molar-refractivity contribution is 5.66. The zero-order valence-electron chi connectivity index (χ0n) is 17.8. The Morgan fingerprint density at radius 1 is 1.03 bits per heavy atom. The average molecular weight is 452 g/mol. The van der Waals surface area contributed by atoms with Gasteiger partial charge in [0.1, 0.15) is 6.54 Å². The van der Waals surface area contributed by atoms with Crippen LogP contribution in [-0.4, -0.2) is 11.1 Å². The summed E-state index contributed by atoms with van der Waals surface area (Å²) in [5.41, 5.74) is 7.19. The van der Waals surface area contributed by atoms with Gasteiger partial charge in [0.15, 0.2) is 5.69 Å². The second-order valence-electron chi connectivity index (χ2n) is 7.64. The number of aryl methyl sites for hydroxylation is 1. The third-order valence-electron chi connectivity index (χ3n) is 5.46. The van der Waals surface area contributed by atoms with Gasteiger partial charge in [-0.05, 0) is 56.2 Å². The van der Waals surface area contributed by atoms with Crippen molar-refractivity contribution in [2.45, 2.75) is 71.3 Å². The van der Waals surface area contributed by atoms with Crippen molar-refractivity contribution < 1.29 is 43.3 Å². The number of hydrogen-bond donors (Lipinski definition) is 1. The van der Waals surface area contributed by atoms with Crippen molar-refractivity contribution >= 4 is 5.97 Å². The third kappa shape index (κ3) is 8.55. The number of aromatic nitrogens is 1. The van der Waals surface area contributed by atoms with Crippen LogP contribution in [0.15, 0.2) is 36.4 Å². The van der Waals surface area contributed by atoms with Crippen molar-refractivity contribution in [1.29, 1.82) is 0 Å². The molecule has 170 valence electrons. The van der Waals surface area contributed by atoms with Crippen LogP contribution in [0.4, 0.5) is 0 Å². The molecule has 1 aliphatic rings. The van der Waals surface area contributed by atoms with E-state index in [-0.39, 0.29) is 6.42 Å². The lowest BCUT2D eigenvalue weighted by Gasteiger charge is -2.20. The second kappa shape index (κ2) is 12.1. The van der Waals surface area contributed by atoms with Crippen LogP contribution >= 0.6 is 0 Å². The van der Waals surface area contributed by atoms with E-state index < -0.39 is 16.2 Å². The zero-order valence-corrected chi connectivity index (χ0v) is 18.6. The number of halogens is 1. The Bertz CT molecular complexity index is 845. The van der Waals surface area contributed by atoms with E-state index >= 15 is 0 Å². The molecular weight excluding hydrogens is 422 g/mol. The molecule has 0 atom stereocenters. The fourth-order valence-electron chi connectivity index (χ4n) is 4.20. The molecule has 31 heavy (non-hydrogen) atoms. The molecule has 1 heterocycles. The van der Waals surface area contributed by atoms with Gasteiger partial charge in [-0.3, -0.25) is 4.79 Å². The van der Waals surface area contributed by atoms with Crippen LogP contribution in [0.3, 0.4) is 0 Å². The van der Waals surface area contributed by atoms with E-state index in [4.69, 9.17) is 23.7 Å². The normalized spacial score (nSPS) is 13.2. The monoisotopic (exact) mass is 451 g/mol. The highest BCUT2D eigenvalue weighted by atomic mass is 35.7. The SMILES string of the molecule is CCc1c2c(cc(-c3ccccc3)[n+]1CCCCCC(=O)O)CCCC2.[O-][Cl+3]([O-])([O-])[O-]. The molecule has 1 aliphatic carbocycles. The van der Waals surface area contributed by atoms with Crippen LogP contribution < -0.4 is 23.2 Å². The Labute approximate surface area is 185 Å². The maximum absolute atomic E-state index is 10.7. The van der Waals surface area contributed by atoms with Crippen LogP contribution in [0.25, 0.3) is 11.3 Å². The maximum Gasteiger partial charge on any atom is 0.303 e. The van der Waals surface area contributed by atoms with Gasteiger partial charge in [0.05, 0.1) is 0 Å². The standard InChI is InChI=1S/C23H29NO2.ClHO4/c1-2-21-20-14-9-8-13-19(20)17-22(18-11-5-3-6-12-18)24(21)16-10-4-7-15-23(25)26;2-1(3,4)5/h3,5-6,11-12,17H,2,4,7-10,13-16H2,1H3;(H,2,3,4,5). The molecule has 1 N–H and O–H groups in total. The van der Waals surface area contributed by atoms with Gasteiger partial charge in [0, 0.05) is 36.5 Å². The first-order chi connectivity index (χ1) is 14.7. The molecule has 0 unspecified atom stereocenters. The van der Waals surface area contributed by atoms with Crippen LogP contribution in [0.5, 0.6) is 0 Å². The molecular formula is C23H30ClNO6. The Hall–Kier alpha value is -2.03. The molecule has 1 aromatic heterocycles. The van der Waals surface area contributed by atoms with E-state index in [1.54, 1.807) is 5.56 Å². The number of nitrogens with zero attached hydrogens (tertiary/aromatic N) is 1. The highest BCUT2D eigenvalue weighted by Crippen LogP contribution is 2.28. The lowest BCUT2D eigenvalue weighted by Crippen LogP contribution is -2.68. The fourth-order valence-corrected chi connectivity index (χ4v) is 4.20. The van der Waals surface area contributed by atoms with E-state index in [2.05, 4.69) is 47.9 Å². The molecule has 0 aliphatic heterocycles. The molecule has 1 aromatic carbocycles. The molecule has 2 aromatic rings. The van der Waals surface area contributed by atoms with Gasteiger partial charge in [0.25, 0.3) is 0 Å². The van der Waals surface area contributed by atoms with Crippen LogP contribution in [0.1, 0.15) is 62.3 Å². The number of hydrogen-bond acceptors (Lipinski definition) is 5. The number of carbonyl (C=O) groups is 1. The lowest BCUT2D eigenvalue weighted by atomic mass is 9.88. The first kappa shape index (κ1) is 25.2. The summed E-state index contributed by atoms with van der Waals surface area (Å²) in [7, 11) is -4.94. The van der Waals surface area contributed by atoms with E-state index in [9.17, 15) is 4.79 Å². The predicted octanol–water partition coefficient (Wildman–Crippen LogP) is -0.0287. The van der Waals surface area contributed by atoms with Crippen LogP contribution in [0, 0.1) is 10.2 Å². The van der Waals surface area contributed by atoms with Crippen molar-refractivity contribution in [3.8, 4) is 11.3 Å². The molecule has 3 rings (SSSR count). The number of carboxylic acids is 1. The van der Waals surface area contributed by atoms with E-state index in [1.165, 1.54) is 48.2 Å². The molecule has 7 nitrogen and oxygen atoms in total. The quantitative estimate of drug-likeness (QED) is 0.442. The van der Waals surface area contributed by atoms with Crippen molar-refractivity contribution in [2.75, 3.05) is 0 Å². The number of aliphatic carboxylic acids is 1. The van der Waals surface area contributed by atoms with Crippen LogP contribution in [-0.2, 0) is 30.6 Å². The molecule has 0 fully saturated rings. The molecule has 0 radical (unpaired) electrons. The predicted molar refractivity (Wildman–Crippen MR) is 104 cm³/mol. The van der Waals surface area contributed by atoms with Gasteiger partial charge in [-0.25, -0.2) is 18.6 Å². The van der Waals surface area contributed by atoms with Gasteiger partial charge < -0.3 is 5.11 Å². The van der Waals surface area contributed by atoms with Gasteiger partial charge in [-0.1, -0.05) is 25.1 Å². The molecule has 0 spiro atoms. The van der Waals surface area contributed by atoms with Gasteiger partial charge in [-0.15, -0.1) is 10.2 Å². The summed E-state index contributed by atoms with van der Waals surface area (Å²) in [5.74, 6) is -0.689. The molecule has 0 saturated heterocycles. The molecule has 0 bridgehead atoms.